The van der Waals surface area contributed by atoms with Gasteiger partial charge >= 0.3 is 10.1 Å². The number of nitrogens with zero attached hydrogens (tertiary/aromatic N) is 1. The first-order valence-electron chi connectivity index (χ1n) is 5.48. The fourth-order valence-corrected chi connectivity index (χ4v) is 4.06. The Hall–Kier alpha value is -1.76. The van der Waals surface area contributed by atoms with Crippen LogP contribution in [-0.4, -0.2) is 18.0 Å². The highest BCUT2D eigenvalue weighted by atomic mass is 32.3. The molecule has 0 atom stereocenters. The van der Waals surface area contributed by atoms with Gasteiger partial charge in [-0.2, -0.15) is 8.42 Å². The van der Waals surface area contributed by atoms with Gasteiger partial charge in [0.1, 0.15) is 0 Å². The van der Waals surface area contributed by atoms with E-state index in [0.717, 1.165) is 21.4 Å². The van der Waals surface area contributed by atoms with E-state index in [4.69, 9.17) is 0 Å². The van der Waals surface area contributed by atoms with Crippen molar-refractivity contribution in [2.45, 2.75) is 4.21 Å². The van der Waals surface area contributed by atoms with E-state index in [1.807, 2.05) is 24.3 Å². The predicted octanol–water partition coefficient (Wildman–Crippen LogP) is 3.21. The van der Waals surface area contributed by atoms with Crippen LogP contribution in [0.5, 0.6) is 0 Å². The van der Waals surface area contributed by atoms with Gasteiger partial charge in [-0.15, -0.1) is 11.3 Å². The number of pyridine rings is 1. The van der Waals surface area contributed by atoms with Gasteiger partial charge in [0.25, 0.3) is 0 Å². The van der Waals surface area contributed by atoms with Crippen molar-refractivity contribution in [1.82, 2.24) is 4.98 Å². The molecule has 0 aliphatic carbocycles. The monoisotopic (exact) mass is 291 g/mol. The molecule has 19 heavy (non-hydrogen) atoms. The van der Waals surface area contributed by atoms with Gasteiger partial charge in [-0.25, -0.2) is 0 Å². The Balaban J connectivity index is 2.45. The SMILES string of the molecule is O=S(=O)(O)c1sc2ccccc2c1-c1ccccn1. The highest BCUT2D eigenvalue weighted by molar-refractivity contribution is 7.88. The average Bonchev–Trinajstić information content (AvgIpc) is 2.79. The predicted molar refractivity (Wildman–Crippen MR) is 74.9 cm³/mol. The quantitative estimate of drug-likeness (QED) is 0.736. The first kappa shape index (κ1) is 12.3. The van der Waals surface area contributed by atoms with Crippen molar-refractivity contribution in [2.75, 3.05) is 0 Å². The molecule has 6 heteroatoms. The topological polar surface area (TPSA) is 67.3 Å². The zero-order chi connectivity index (χ0) is 13.5. The van der Waals surface area contributed by atoms with Crippen LogP contribution in [0.4, 0.5) is 0 Å². The number of fused-ring (bicyclic) bond motifs is 1. The molecule has 2 heterocycles. The molecule has 0 saturated carbocycles. The smallest absolute Gasteiger partial charge is 0.281 e. The third-order valence-electron chi connectivity index (χ3n) is 2.72. The first-order chi connectivity index (χ1) is 9.07. The van der Waals surface area contributed by atoms with E-state index in [1.54, 1.807) is 24.4 Å². The van der Waals surface area contributed by atoms with Crippen molar-refractivity contribution in [3.63, 3.8) is 0 Å². The maximum Gasteiger partial charge on any atom is 0.304 e. The van der Waals surface area contributed by atoms with Crippen LogP contribution >= 0.6 is 11.3 Å². The van der Waals surface area contributed by atoms with E-state index in [1.165, 1.54) is 0 Å². The molecular formula is C13H9NO3S2. The van der Waals surface area contributed by atoms with Crippen molar-refractivity contribution >= 4 is 31.5 Å². The minimum Gasteiger partial charge on any atom is -0.281 e. The van der Waals surface area contributed by atoms with E-state index in [9.17, 15) is 13.0 Å². The molecule has 0 aliphatic heterocycles. The molecule has 0 saturated heterocycles. The van der Waals surface area contributed by atoms with Crippen molar-refractivity contribution in [3.05, 3.63) is 48.7 Å². The van der Waals surface area contributed by atoms with Crippen LogP contribution in [0.1, 0.15) is 0 Å². The molecule has 0 radical (unpaired) electrons. The molecule has 96 valence electrons. The van der Waals surface area contributed by atoms with Gasteiger partial charge in [0, 0.05) is 21.8 Å². The fourth-order valence-electron chi connectivity index (χ4n) is 1.96. The molecule has 3 aromatic rings. The molecule has 3 rings (SSSR count). The number of hydrogen-bond donors (Lipinski definition) is 1. The molecule has 1 aromatic carbocycles. The van der Waals surface area contributed by atoms with Crippen LogP contribution in [0.2, 0.25) is 0 Å². The minimum atomic E-state index is -4.26. The number of thiophene rings is 1. The lowest BCUT2D eigenvalue weighted by Gasteiger charge is -2.01. The standard InChI is InChI=1S/C13H9NO3S2/c15-19(16,17)13-12(10-6-3-4-8-14-10)9-5-1-2-7-11(9)18-13/h1-8H,(H,15,16,17). The van der Waals surface area contributed by atoms with Crippen LogP contribution in [0.15, 0.2) is 52.9 Å². The van der Waals surface area contributed by atoms with Gasteiger partial charge in [-0.3, -0.25) is 9.54 Å². The Morgan fingerprint density at radius 1 is 1.05 bits per heavy atom. The summed E-state index contributed by atoms with van der Waals surface area (Å²) in [5, 5.41) is 0.777. The summed E-state index contributed by atoms with van der Waals surface area (Å²) in [5.74, 6) is 0. The molecule has 0 unspecified atom stereocenters. The molecule has 4 nitrogen and oxygen atoms in total. The molecule has 2 aromatic heterocycles. The van der Waals surface area contributed by atoms with Crippen LogP contribution in [0.25, 0.3) is 21.3 Å². The Morgan fingerprint density at radius 3 is 2.47 bits per heavy atom. The van der Waals surface area contributed by atoms with E-state index in [-0.39, 0.29) is 4.21 Å². The van der Waals surface area contributed by atoms with Gasteiger partial charge in [-0.1, -0.05) is 24.3 Å². The van der Waals surface area contributed by atoms with E-state index in [2.05, 4.69) is 4.98 Å². The number of hydrogen-bond acceptors (Lipinski definition) is 4. The van der Waals surface area contributed by atoms with Gasteiger partial charge < -0.3 is 0 Å². The molecule has 0 amide bonds. The van der Waals surface area contributed by atoms with Crippen LogP contribution in [0, 0.1) is 0 Å². The lowest BCUT2D eigenvalue weighted by atomic mass is 10.1. The van der Waals surface area contributed by atoms with Gasteiger partial charge in [0.15, 0.2) is 4.21 Å². The second-order valence-corrected chi connectivity index (χ2v) is 6.62. The largest absolute Gasteiger partial charge is 0.304 e. The maximum absolute atomic E-state index is 11.5. The normalized spacial score (nSPS) is 11.8. The fraction of sp³-hybridized carbons (Fsp3) is 0. The summed E-state index contributed by atoms with van der Waals surface area (Å²) < 4.78 is 33.2. The molecular weight excluding hydrogens is 282 g/mol. The second-order valence-electron chi connectivity index (χ2n) is 3.95. The average molecular weight is 291 g/mol. The number of benzene rings is 1. The van der Waals surface area contributed by atoms with E-state index >= 15 is 0 Å². The summed E-state index contributed by atoms with van der Waals surface area (Å²) in [4.78, 5) is 4.18. The van der Waals surface area contributed by atoms with Crippen LogP contribution < -0.4 is 0 Å². The molecule has 0 spiro atoms. The van der Waals surface area contributed by atoms with Crippen molar-refractivity contribution in [2.24, 2.45) is 0 Å². The van der Waals surface area contributed by atoms with Gasteiger partial charge in [-0.05, 0) is 18.2 Å². The lowest BCUT2D eigenvalue weighted by Crippen LogP contribution is -1.97. The summed E-state index contributed by atoms with van der Waals surface area (Å²) in [6, 6.07) is 12.6. The third kappa shape index (κ3) is 2.14. The lowest BCUT2D eigenvalue weighted by molar-refractivity contribution is 0.486. The Bertz CT molecular complexity index is 839. The highest BCUT2D eigenvalue weighted by Gasteiger charge is 2.23. The van der Waals surface area contributed by atoms with Crippen molar-refractivity contribution < 1.29 is 13.0 Å². The summed E-state index contributed by atoms with van der Waals surface area (Å²) in [6.45, 7) is 0. The molecule has 0 fully saturated rings. The summed E-state index contributed by atoms with van der Waals surface area (Å²) >= 11 is 1.05. The van der Waals surface area contributed by atoms with Gasteiger partial charge in [0.05, 0.1) is 5.69 Å². The Morgan fingerprint density at radius 2 is 1.79 bits per heavy atom. The summed E-state index contributed by atoms with van der Waals surface area (Å²) in [5.41, 5.74) is 0.997. The maximum atomic E-state index is 11.5. The van der Waals surface area contributed by atoms with E-state index in [0.29, 0.717) is 11.3 Å². The zero-order valence-corrected chi connectivity index (χ0v) is 11.3. The Kier molecular flexibility index (Phi) is 2.85. The molecule has 0 aliphatic rings. The first-order valence-corrected chi connectivity index (χ1v) is 7.73. The second kappa shape index (κ2) is 4.41. The third-order valence-corrected chi connectivity index (χ3v) is 5.24. The number of aromatic nitrogens is 1. The minimum absolute atomic E-state index is 0.0626. The van der Waals surface area contributed by atoms with E-state index < -0.39 is 10.1 Å². The van der Waals surface area contributed by atoms with Crippen molar-refractivity contribution in [1.29, 1.82) is 0 Å². The summed E-state index contributed by atoms with van der Waals surface area (Å²) in [6.07, 6.45) is 1.59. The molecule has 1 N–H and O–H groups in total. The highest BCUT2D eigenvalue weighted by Crippen LogP contribution is 2.40. The Labute approximate surface area is 114 Å². The molecule has 0 bridgehead atoms. The summed E-state index contributed by atoms with van der Waals surface area (Å²) in [7, 11) is -4.26. The van der Waals surface area contributed by atoms with Gasteiger partial charge in [0.2, 0.25) is 0 Å². The van der Waals surface area contributed by atoms with Crippen LogP contribution in [0.3, 0.4) is 0 Å². The van der Waals surface area contributed by atoms with Crippen molar-refractivity contribution in [3.8, 4) is 11.3 Å². The van der Waals surface area contributed by atoms with Crippen LogP contribution in [-0.2, 0) is 10.1 Å². The zero-order valence-electron chi connectivity index (χ0n) is 9.65. The number of rotatable bonds is 2.